The highest BCUT2D eigenvalue weighted by atomic mass is 28.3. The molecule has 34 heavy (non-hydrogen) atoms. The van der Waals surface area contributed by atoms with Crippen molar-refractivity contribution in [3.05, 3.63) is 108 Å². The second-order valence-electron chi connectivity index (χ2n) is 11.2. The van der Waals surface area contributed by atoms with Crippen LogP contribution in [0, 0.1) is 0 Å². The van der Waals surface area contributed by atoms with E-state index in [9.17, 15) is 5.11 Å². The second-order valence-corrected chi connectivity index (χ2v) is 21.4. The molecule has 174 valence electrons. The third-order valence-electron chi connectivity index (χ3n) is 6.63. The van der Waals surface area contributed by atoms with Crippen molar-refractivity contribution in [3.63, 3.8) is 0 Å². The Kier molecular flexibility index (Phi) is 6.81. The fourth-order valence-electron chi connectivity index (χ4n) is 4.46. The molecule has 0 heterocycles. The van der Waals surface area contributed by atoms with Crippen molar-refractivity contribution in [2.24, 2.45) is 0 Å². The summed E-state index contributed by atoms with van der Waals surface area (Å²) in [4.78, 5) is 0. The minimum Gasteiger partial charge on any atom is -0.384 e. The molecule has 4 rings (SSSR count). The Morgan fingerprint density at radius 1 is 0.471 bits per heavy atom. The summed E-state index contributed by atoms with van der Waals surface area (Å²) >= 11 is 0. The normalized spacial score (nSPS) is 12.2. The van der Waals surface area contributed by atoms with E-state index < -0.39 is 22.3 Å². The SMILES string of the molecule is C[Si](C)(C)c1ccc(-c2ccccc2C(O)c2ccccc2-c2ccc([Si](C)(C)C)cc2)cc1. The van der Waals surface area contributed by atoms with E-state index in [-0.39, 0.29) is 0 Å². The summed E-state index contributed by atoms with van der Waals surface area (Å²) in [5.41, 5.74) is 6.34. The van der Waals surface area contributed by atoms with Crippen LogP contribution in [-0.4, -0.2) is 21.3 Å². The van der Waals surface area contributed by atoms with Crippen molar-refractivity contribution in [1.29, 1.82) is 0 Å². The first-order valence-electron chi connectivity index (χ1n) is 12.1. The maximum absolute atomic E-state index is 11.7. The molecule has 0 aliphatic rings. The average molecular weight is 481 g/mol. The van der Waals surface area contributed by atoms with E-state index in [1.807, 2.05) is 12.1 Å². The van der Waals surface area contributed by atoms with Crippen LogP contribution in [0.5, 0.6) is 0 Å². The zero-order valence-electron chi connectivity index (χ0n) is 21.3. The molecular weight excluding hydrogens is 445 g/mol. The van der Waals surface area contributed by atoms with Gasteiger partial charge >= 0.3 is 0 Å². The van der Waals surface area contributed by atoms with E-state index in [1.54, 1.807) is 0 Å². The molecular formula is C31H36OSi2. The predicted molar refractivity (Wildman–Crippen MR) is 154 cm³/mol. The Bertz CT molecular complexity index is 1160. The first-order valence-corrected chi connectivity index (χ1v) is 19.1. The maximum Gasteiger partial charge on any atom is 0.105 e. The molecule has 0 atom stereocenters. The molecule has 3 heteroatoms. The summed E-state index contributed by atoms with van der Waals surface area (Å²) in [7, 11) is -2.71. The molecule has 1 nitrogen and oxygen atoms in total. The molecule has 0 saturated heterocycles. The number of aliphatic hydroxyl groups excluding tert-OH is 1. The topological polar surface area (TPSA) is 20.2 Å². The molecule has 0 radical (unpaired) electrons. The van der Waals surface area contributed by atoms with Gasteiger partial charge in [0, 0.05) is 0 Å². The molecule has 0 aliphatic carbocycles. The van der Waals surface area contributed by atoms with Crippen LogP contribution in [0.3, 0.4) is 0 Å². The molecule has 0 unspecified atom stereocenters. The van der Waals surface area contributed by atoms with E-state index >= 15 is 0 Å². The zero-order chi connectivity index (χ0) is 24.5. The summed E-state index contributed by atoms with van der Waals surface area (Å²) < 4.78 is 0. The van der Waals surface area contributed by atoms with Crippen LogP contribution in [-0.2, 0) is 0 Å². The van der Waals surface area contributed by atoms with Gasteiger partial charge in [-0.2, -0.15) is 0 Å². The van der Waals surface area contributed by atoms with Crippen LogP contribution < -0.4 is 10.4 Å². The van der Waals surface area contributed by atoms with Gasteiger partial charge in [0.25, 0.3) is 0 Å². The van der Waals surface area contributed by atoms with Gasteiger partial charge in [-0.15, -0.1) is 0 Å². The molecule has 4 aromatic rings. The van der Waals surface area contributed by atoms with E-state index in [0.29, 0.717) is 0 Å². The fourth-order valence-corrected chi connectivity index (χ4v) is 6.80. The lowest BCUT2D eigenvalue weighted by atomic mass is 9.89. The van der Waals surface area contributed by atoms with Gasteiger partial charge < -0.3 is 5.11 Å². The first-order chi connectivity index (χ1) is 16.1. The smallest absolute Gasteiger partial charge is 0.105 e. The van der Waals surface area contributed by atoms with Crippen molar-refractivity contribution >= 4 is 26.5 Å². The highest BCUT2D eigenvalue weighted by Crippen LogP contribution is 2.36. The van der Waals surface area contributed by atoms with Gasteiger partial charge in [0.05, 0.1) is 16.1 Å². The molecule has 0 aliphatic heterocycles. The largest absolute Gasteiger partial charge is 0.384 e. The number of rotatable bonds is 6. The van der Waals surface area contributed by atoms with Gasteiger partial charge in [-0.1, -0.05) is 147 Å². The standard InChI is InChI=1S/C31H36OSi2/c1-33(2,3)25-19-15-23(16-20-25)27-11-7-9-13-29(27)31(32)30-14-10-8-12-28(30)24-17-21-26(22-18-24)34(4,5)6/h7-22,31-32H,1-6H3. The van der Waals surface area contributed by atoms with Gasteiger partial charge in [-0.3, -0.25) is 0 Å². The van der Waals surface area contributed by atoms with E-state index in [0.717, 1.165) is 33.4 Å². The van der Waals surface area contributed by atoms with Crippen LogP contribution >= 0.6 is 0 Å². The van der Waals surface area contributed by atoms with Gasteiger partial charge in [-0.25, -0.2) is 0 Å². The van der Waals surface area contributed by atoms with Crippen molar-refractivity contribution < 1.29 is 5.11 Å². The average Bonchev–Trinajstić information content (AvgIpc) is 2.83. The molecule has 0 fully saturated rings. The minimum absolute atomic E-state index is 0.708. The van der Waals surface area contributed by atoms with Crippen LogP contribution in [0.15, 0.2) is 97.1 Å². The molecule has 4 aromatic carbocycles. The highest BCUT2D eigenvalue weighted by Gasteiger charge is 2.21. The van der Waals surface area contributed by atoms with Gasteiger partial charge in [0.1, 0.15) is 6.10 Å². The zero-order valence-corrected chi connectivity index (χ0v) is 23.3. The Labute approximate surface area is 207 Å². The van der Waals surface area contributed by atoms with E-state index in [1.165, 1.54) is 10.4 Å². The number of aliphatic hydroxyl groups is 1. The van der Waals surface area contributed by atoms with Crippen LogP contribution in [0.4, 0.5) is 0 Å². The summed E-state index contributed by atoms with van der Waals surface area (Å²) in [6, 6.07) is 34.4. The Morgan fingerprint density at radius 3 is 1.12 bits per heavy atom. The fraction of sp³-hybridized carbons (Fsp3) is 0.226. The number of benzene rings is 4. The molecule has 0 amide bonds. The monoisotopic (exact) mass is 480 g/mol. The molecule has 1 N–H and O–H groups in total. The van der Waals surface area contributed by atoms with E-state index in [4.69, 9.17) is 0 Å². The highest BCUT2D eigenvalue weighted by molar-refractivity contribution is 6.89. The number of hydrogen-bond acceptors (Lipinski definition) is 1. The Hall–Kier alpha value is -2.73. The summed E-state index contributed by atoms with van der Waals surface area (Å²) in [6.45, 7) is 14.2. The quantitative estimate of drug-likeness (QED) is 0.289. The van der Waals surface area contributed by atoms with Crippen molar-refractivity contribution in [2.75, 3.05) is 0 Å². The predicted octanol–water partition coefficient (Wildman–Crippen LogP) is 7.19. The van der Waals surface area contributed by atoms with E-state index in [2.05, 4.69) is 124 Å². The summed E-state index contributed by atoms with van der Waals surface area (Å²) in [5.74, 6) is 0. The third-order valence-corrected chi connectivity index (χ3v) is 10.8. The molecule has 0 saturated carbocycles. The molecule has 0 bridgehead atoms. The Balaban J connectivity index is 1.74. The maximum atomic E-state index is 11.7. The minimum atomic E-state index is -1.35. The Morgan fingerprint density at radius 2 is 0.794 bits per heavy atom. The van der Waals surface area contributed by atoms with Crippen molar-refractivity contribution in [3.8, 4) is 22.3 Å². The van der Waals surface area contributed by atoms with Crippen molar-refractivity contribution in [1.82, 2.24) is 0 Å². The third kappa shape index (κ3) is 5.17. The van der Waals surface area contributed by atoms with Gasteiger partial charge in [-0.05, 0) is 33.4 Å². The van der Waals surface area contributed by atoms with Gasteiger partial charge in [0.2, 0.25) is 0 Å². The lowest BCUT2D eigenvalue weighted by Gasteiger charge is -2.21. The van der Waals surface area contributed by atoms with Gasteiger partial charge in [0.15, 0.2) is 0 Å². The van der Waals surface area contributed by atoms with Crippen LogP contribution in [0.2, 0.25) is 39.3 Å². The molecule has 0 spiro atoms. The summed E-state index contributed by atoms with van der Waals surface area (Å²) in [5, 5.41) is 14.5. The van der Waals surface area contributed by atoms with Crippen LogP contribution in [0.1, 0.15) is 17.2 Å². The first kappa shape index (κ1) is 24.4. The molecule has 0 aromatic heterocycles. The lowest BCUT2D eigenvalue weighted by molar-refractivity contribution is 0.221. The van der Waals surface area contributed by atoms with Crippen molar-refractivity contribution in [2.45, 2.75) is 45.4 Å². The summed E-state index contributed by atoms with van der Waals surface area (Å²) in [6.07, 6.45) is -0.708. The lowest BCUT2D eigenvalue weighted by Crippen LogP contribution is -2.37. The number of hydrogen-bond donors (Lipinski definition) is 1. The van der Waals surface area contributed by atoms with Crippen LogP contribution in [0.25, 0.3) is 22.3 Å². The second kappa shape index (κ2) is 9.49.